The number of nitrogen functional groups attached to an aromatic ring is 1. The number of aliphatic hydroxyl groups is 3. The van der Waals surface area contributed by atoms with E-state index in [9.17, 15) is 10.2 Å². The average molecular weight is 298 g/mol. The van der Waals surface area contributed by atoms with Crippen molar-refractivity contribution in [3.63, 3.8) is 0 Å². The van der Waals surface area contributed by atoms with Crippen LogP contribution in [0.2, 0.25) is 0 Å². The lowest BCUT2D eigenvalue weighted by atomic mass is 10.1. The number of nitrogens with two attached hydrogens (primary N) is 1. The van der Waals surface area contributed by atoms with Gasteiger partial charge in [-0.3, -0.25) is 4.57 Å². The van der Waals surface area contributed by atoms with E-state index < -0.39 is 24.5 Å². The Morgan fingerprint density at radius 3 is 2.85 bits per heavy atom. The predicted octanol–water partition coefficient (Wildman–Crippen LogP) is -0.712. The fourth-order valence-corrected chi connectivity index (χ4v) is 2.63. The molecule has 1 saturated heterocycles. The van der Waals surface area contributed by atoms with Crippen molar-refractivity contribution in [2.45, 2.75) is 24.5 Å². The molecule has 1 aliphatic rings. The zero-order valence-electron chi connectivity index (χ0n) is 10.3. The van der Waals surface area contributed by atoms with E-state index in [1.165, 1.54) is 10.9 Å². The van der Waals surface area contributed by atoms with Crippen LogP contribution in [0.25, 0.3) is 11.2 Å². The highest BCUT2D eigenvalue weighted by atomic mass is 32.1. The summed E-state index contributed by atoms with van der Waals surface area (Å²) in [4.78, 5) is 7.05. The molecule has 4 unspecified atom stereocenters. The van der Waals surface area contributed by atoms with E-state index in [0.717, 1.165) is 0 Å². The molecule has 2 aromatic rings. The van der Waals surface area contributed by atoms with Crippen molar-refractivity contribution in [3.05, 3.63) is 16.9 Å². The molecule has 4 atom stereocenters. The van der Waals surface area contributed by atoms with E-state index in [2.05, 4.69) is 9.97 Å². The van der Waals surface area contributed by atoms with E-state index in [4.69, 9.17) is 27.8 Å². The standard InChI is InChI=1S/C11H14N4O4S/c12-6-1-5(20)7-10(14-6)15(3-13-7)11-9(18)8(17)4(2-16)19-11/h1,3-4,8-9,11,16-18H,2H2,(H3,12,14,20). The lowest BCUT2D eigenvalue weighted by Crippen LogP contribution is -2.33. The Balaban J connectivity index is 2.09. The number of ether oxygens (including phenoxy) is 1. The van der Waals surface area contributed by atoms with Gasteiger partial charge in [0.05, 0.1) is 17.4 Å². The van der Waals surface area contributed by atoms with Gasteiger partial charge in [-0.2, -0.15) is 0 Å². The first kappa shape index (κ1) is 13.5. The molecule has 108 valence electrons. The second-order valence-corrected chi connectivity index (χ2v) is 5.11. The number of hydrogen-bond acceptors (Lipinski definition) is 7. The summed E-state index contributed by atoms with van der Waals surface area (Å²) in [6, 6.07) is 1.58. The molecule has 2 aromatic heterocycles. The van der Waals surface area contributed by atoms with Crippen molar-refractivity contribution in [2.24, 2.45) is 0 Å². The third kappa shape index (κ3) is 1.91. The summed E-state index contributed by atoms with van der Waals surface area (Å²) in [6.45, 7) is -0.389. The van der Waals surface area contributed by atoms with Crippen molar-refractivity contribution in [1.29, 1.82) is 0 Å². The van der Waals surface area contributed by atoms with Crippen LogP contribution in [0.5, 0.6) is 0 Å². The number of anilines is 1. The molecule has 0 radical (unpaired) electrons. The Morgan fingerprint density at radius 2 is 2.20 bits per heavy atom. The van der Waals surface area contributed by atoms with Crippen molar-refractivity contribution < 1.29 is 20.1 Å². The summed E-state index contributed by atoms with van der Waals surface area (Å²) >= 11 is 5.16. The number of imidazole rings is 1. The van der Waals surface area contributed by atoms with Crippen LogP contribution in [-0.4, -0.2) is 54.8 Å². The lowest BCUT2D eigenvalue weighted by molar-refractivity contribution is -0.0511. The molecule has 3 rings (SSSR count). The van der Waals surface area contributed by atoms with Gasteiger partial charge >= 0.3 is 0 Å². The summed E-state index contributed by atoms with van der Waals surface area (Å²) < 4.78 is 7.42. The molecule has 0 spiro atoms. The number of aromatic amines is 1. The van der Waals surface area contributed by atoms with Crippen LogP contribution in [0.15, 0.2) is 12.4 Å². The van der Waals surface area contributed by atoms with Crippen molar-refractivity contribution in [2.75, 3.05) is 12.3 Å². The maximum absolute atomic E-state index is 10.0. The number of hydrogen-bond donors (Lipinski definition) is 5. The molecule has 0 bridgehead atoms. The fraction of sp³-hybridized carbons (Fsp3) is 0.455. The number of aliphatic hydroxyl groups excluding tert-OH is 3. The Bertz CT molecular complexity index is 699. The molecule has 0 amide bonds. The van der Waals surface area contributed by atoms with E-state index in [1.807, 2.05) is 0 Å². The Kier molecular flexibility index (Phi) is 3.22. The molecule has 0 aliphatic carbocycles. The molecule has 6 N–H and O–H groups in total. The van der Waals surface area contributed by atoms with Crippen LogP contribution in [0.1, 0.15) is 6.23 Å². The fourth-order valence-electron chi connectivity index (χ4n) is 2.35. The first-order valence-corrected chi connectivity index (χ1v) is 6.41. The van der Waals surface area contributed by atoms with E-state index >= 15 is 0 Å². The Morgan fingerprint density at radius 1 is 1.45 bits per heavy atom. The quantitative estimate of drug-likeness (QED) is 0.463. The third-order valence-electron chi connectivity index (χ3n) is 3.37. The molecule has 3 heterocycles. The van der Waals surface area contributed by atoms with Crippen LogP contribution in [0.3, 0.4) is 0 Å². The maximum atomic E-state index is 10.0. The number of rotatable bonds is 2. The first-order chi connectivity index (χ1) is 9.52. The predicted molar refractivity (Wildman–Crippen MR) is 72.3 cm³/mol. The second-order valence-electron chi connectivity index (χ2n) is 4.67. The van der Waals surface area contributed by atoms with Crippen LogP contribution in [0.4, 0.5) is 5.82 Å². The van der Waals surface area contributed by atoms with Gasteiger partial charge in [-0.05, 0) is 6.07 Å². The minimum Gasteiger partial charge on any atom is -0.394 e. The zero-order valence-corrected chi connectivity index (χ0v) is 11.1. The normalized spacial score (nSPS) is 30.1. The number of fused-ring (bicyclic) bond motifs is 1. The molecular weight excluding hydrogens is 284 g/mol. The highest BCUT2D eigenvalue weighted by Gasteiger charge is 2.43. The molecule has 0 aromatic carbocycles. The van der Waals surface area contributed by atoms with Crippen LogP contribution < -0.4 is 5.73 Å². The highest BCUT2D eigenvalue weighted by molar-refractivity contribution is 7.71. The summed E-state index contributed by atoms with van der Waals surface area (Å²) in [5, 5.41) is 28.9. The van der Waals surface area contributed by atoms with Gasteiger partial charge in [-0.1, -0.05) is 12.2 Å². The lowest BCUT2D eigenvalue weighted by Gasteiger charge is -2.16. The van der Waals surface area contributed by atoms with Gasteiger partial charge in [-0.25, -0.2) is 4.98 Å². The number of H-pyrrole nitrogens is 1. The van der Waals surface area contributed by atoms with Gasteiger partial charge in [0.1, 0.15) is 35.3 Å². The zero-order chi connectivity index (χ0) is 14.4. The topological polar surface area (TPSA) is 130 Å². The summed E-state index contributed by atoms with van der Waals surface area (Å²) in [7, 11) is 0. The smallest absolute Gasteiger partial charge is 0.165 e. The number of aromatic nitrogens is 3. The minimum atomic E-state index is -1.19. The molecule has 20 heavy (non-hydrogen) atoms. The average Bonchev–Trinajstić information content (AvgIpc) is 2.93. The summed E-state index contributed by atoms with van der Waals surface area (Å²) in [6.07, 6.45) is -2.65. The third-order valence-corrected chi connectivity index (χ3v) is 3.68. The van der Waals surface area contributed by atoms with E-state index in [1.54, 1.807) is 6.07 Å². The first-order valence-electron chi connectivity index (χ1n) is 6.00. The molecule has 9 heteroatoms. The second kappa shape index (κ2) is 4.79. The van der Waals surface area contributed by atoms with E-state index in [0.29, 0.717) is 21.5 Å². The van der Waals surface area contributed by atoms with Crippen LogP contribution >= 0.6 is 12.2 Å². The van der Waals surface area contributed by atoms with Crippen molar-refractivity contribution in [1.82, 2.24) is 14.5 Å². The Labute approximate surface area is 118 Å². The van der Waals surface area contributed by atoms with Gasteiger partial charge < -0.3 is 30.8 Å². The number of pyridine rings is 1. The molecule has 1 aliphatic heterocycles. The van der Waals surface area contributed by atoms with Gasteiger partial charge in [0, 0.05) is 0 Å². The highest BCUT2D eigenvalue weighted by Crippen LogP contribution is 2.31. The molecule has 0 saturated carbocycles. The SMILES string of the molecule is Nc1cc(=S)c2ncn(C3OC(CO)C(O)C3O)c2[nH]1. The summed E-state index contributed by atoms with van der Waals surface area (Å²) in [5.74, 6) is 0.357. The van der Waals surface area contributed by atoms with Gasteiger partial charge in [0.25, 0.3) is 0 Å². The van der Waals surface area contributed by atoms with Crippen molar-refractivity contribution >= 4 is 29.2 Å². The number of nitrogens with zero attached hydrogens (tertiary/aromatic N) is 2. The molecule has 8 nitrogen and oxygen atoms in total. The van der Waals surface area contributed by atoms with E-state index in [-0.39, 0.29) is 6.61 Å². The van der Waals surface area contributed by atoms with Crippen LogP contribution in [0, 0.1) is 4.51 Å². The monoisotopic (exact) mass is 298 g/mol. The molecular formula is C11H14N4O4S. The van der Waals surface area contributed by atoms with Gasteiger partial charge in [-0.15, -0.1) is 0 Å². The Hall–Kier alpha value is -1.52. The number of nitrogens with one attached hydrogen (secondary N) is 1. The van der Waals surface area contributed by atoms with Crippen LogP contribution in [-0.2, 0) is 4.74 Å². The maximum Gasteiger partial charge on any atom is 0.165 e. The largest absolute Gasteiger partial charge is 0.394 e. The van der Waals surface area contributed by atoms with Gasteiger partial charge in [0.2, 0.25) is 0 Å². The summed E-state index contributed by atoms with van der Waals surface area (Å²) in [5.41, 5.74) is 6.72. The minimum absolute atomic E-state index is 0.357. The van der Waals surface area contributed by atoms with Crippen molar-refractivity contribution in [3.8, 4) is 0 Å². The van der Waals surface area contributed by atoms with Gasteiger partial charge in [0.15, 0.2) is 6.23 Å². The molecule has 1 fully saturated rings.